The van der Waals surface area contributed by atoms with Gasteiger partial charge in [0, 0.05) is 11.8 Å². The topological polar surface area (TPSA) is 12.0 Å². The van der Waals surface area contributed by atoms with Crippen molar-refractivity contribution in [2.45, 2.75) is 38.2 Å². The number of alkyl halides is 3. The molecule has 1 N–H and O–H groups in total. The van der Waals surface area contributed by atoms with E-state index in [1.807, 2.05) is 20.9 Å². The molecule has 0 aliphatic carbocycles. The lowest BCUT2D eigenvalue weighted by molar-refractivity contribution is -0.0328. The summed E-state index contributed by atoms with van der Waals surface area (Å²) in [5.74, 6) is 0.489. The normalized spacial score (nSPS) is 16.7. The van der Waals surface area contributed by atoms with Gasteiger partial charge in [-0.2, -0.15) is 13.2 Å². The van der Waals surface area contributed by atoms with Crippen LogP contribution in [0.2, 0.25) is 0 Å². The van der Waals surface area contributed by atoms with Crippen LogP contribution in [0, 0.1) is 5.92 Å². The van der Waals surface area contributed by atoms with Gasteiger partial charge in [-0.15, -0.1) is 0 Å². The Morgan fingerprint density at radius 1 is 1.36 bits per heavy atom. The summed E-state index contributed by atoms with van der Waals surface area (Å²) < 4.78 is 35.5. The molecular formula is C9H18F3NS. The van der Waals surface area contributed by atoms with Crippen LogP contribution in [0.1, 0.15) is 26.7 Å². The summed E-state index contributed by atoms with van der Waals surface area (Å²) in [6.45, 7) is 4.02. The van der Waals surface area contributed by atoms with Gasteiger partial charge in [-0.3, -0.25) is 0 Å². The summed E-state index contributed by atoms with van der Waals surface area (Å²) in [5, 5.41) is 3.07. The first-order valence-electron chi connectivity index (χ1n) is 4.78. The summed E-state index contributed by atoms with van der Waals surface area (Å²) in [4.78, 5) is 0. The van der Waals surface area contributed by atoms with E-state index in [0.29, 0.717) is 12.3 Å². The van der Waals surface area contributed by atoms with Crippen molar-refractivity contribution in [3.05, 3.63) is 0 Å². The molecule has 0 saturated carbocycles. The second-order valence-electron chi connectivity index (χ2n) is 3.33. The van der Waals surface area contributed by atoms with E-state index in [1.54, 1.807) is 0 Å². The minimum atomic E-state index is -4.08. The van der Waals surface area contributed by atoms with Crippen LogP contribution in [0.5, 0.6) is 0 Å². The average Bonchev–Trinajstić information content (AvgIpc) is 2.09. The molecule has 86 valence electrons. The average molecular weight is 229 g/mol. The Balaban J connectivity index is 3.74. The van der Waals surface area contributed by atoms with Crippen LogP contribution in [0.15, 0.2) is 0 Å². The second kappa shape index (κ2) is 6.56. The molecule has 2 unspecified atom stereocenters. The predicted molar refractivity (Wildman–Crippen MR) is 55.4 cm³/mol. The lowest BCUT2D eigenvalue weighted by atomic mass is 9.96. The van der Waals surface area contributed by atoms with Crippen LogP contribution in [-0.4, -0.2) is 24.4 Å². The van der Waals surface area contributed by atoms with Crippen molar-refractivity contribution in [1.29, 1.82) is 0 Å². The van der Waals surface area contributed by atoms with Gasteiger partial charge < -0.3 is 5.32 Å². The molecule has 0 bridgehead atoms. The van der Waals surface area contributed by atoms with Crippen LogP contribution < -0.4 is 5.32 Å². The number of nitrogens with one attached hydrogen (secondary N) is 1. The molecule has 0 aromatic rings. The highest BCUT2D eigenvalue weighted by Crippen LogP contribution is 2.31. The third-order valence-electron chi connectivity index (χ3n) is 2.44. The third kappa shape index (κ3) is 6.54. The van der Waals surface area contributed by atoms with Gasteiger partial charge in [0.05, 0.1) is 0 Å². The highest BCUT2D eigenvalue weighted by molar-refractivity contribution is 8.00. The van der Waals surface area contributed by atoms with Crippen molar-refractivity contribution in [1.82, 2.24) is 5.32 Å². The van der Waals surface area contributed by atoms with Gasteiger partial charge in [0.15, 0.2) is 0 Å². The quantitative estimate of drug-likeness (QED) is 0.750. The molecule has 0 aromatic carbocycles. The van der Waals surface area contributed by atoms with Crippen LogP contribution in [0.3, 0.4) is 0 Å². The van der Waals surface area contributed by atoms with Crippen molar-refractivity contribution in [2.24, 2.45) is 5.92 Å². The molecule has 0 radical (unpaired) electrons. The summed E-state index contributed by atoms with van der Waals surface area (Å²) >= 11 is 0.0774. The number of thioether (sulfide) groups is 1. The van der Waals surface area contributed by atoms with Gasteiger partial charge in [-0.25, -0.2) is 0 Å². The van der Waals surface area contributed by atoms with Crippen molar-refractivity contribution in [2.75, 3.05) is 12.8 Å². The third-order valence-corrected chi connectivity index (χ3v) is 3.21. The minimum Gasteiger partial charge on any atom is -0.317 e. The largest absolute Gasteiger partial charge is 0.441 e. The van der Waals surface area contributed by atoms with Crippen LogP contribution in [-0.2, 0) is 0 Å². The lowest BCUT2D eigenvalue weighted by Gasteiger charge is -2.22. The Morgan fingerprint density at radius 3 is 2.29 bits per heavy atom. The molecular weight excluding hydrogens is 211 g/mol. The molecule has 0 heterocycles. The van der Waals surface area contributed by atoms with Gasteiger partial charge in [0.2, 0.25) is 0 Å². The maximum Gasteiger partial charge on any atom is 0.441 e. The van der Waals surface area contributed by atoms with Crippen molar-refractivity contribution < 1.29 is 13.2 Å². The molecule has 0 fully saturated rings. The Bertz CT molecular complexity index is 149. The molecule has 0 rings (SSSR count). The zero-order valence-corrected chi connectivity index (χ0v) is 9.63. The van der Waals surface area contributed by atoms with Gasteiger partial charge in [-0.05, 0) is 26.3 Å². The zero-order valence-electron chi connectivity index (χ0n) is 8.82. The van der Waals surface area contributed by atoms with E-state index >= 15 is 0 Å². The first kappa shape index (κ1) is 14.1. The highest BCUT2D eigenvalue weighted by Gasteiger charge is 2.28. The fraction of sp³-hybridized carbons (Fsp3) is 1.00. The number of hydrogen-bond donors (Lipinski definition) is 1. The summed E-state index contributed by atoms with van der Waals surface area (Å²) in [6, 6.07) is 0.286. The monoisotopic (exact) mass is 229 g/mol. The SMILES string of the molecule is CCC(CCSC(F)(F)F)C(C)NC. The minimum absolute atomic E-state index is 0.0774. The predicted octanol–water partition coefficient (Wildman–Crippen LogP) is 3.26. The summed E-state index contributed by atoms with van der Waals surface area (Å²) in [7, 11) is 1.84. The molecule has 0 aliphatic rings. The Hall–Kier alpha value is 0.1000. The van der Waals surface area contributed by atoms with E-state index in [4.69, 9.17) is 0 Å². The molecule has 0 spiro atoms. The smallest absolute Gasteiger partial charge is 0.317 e. The van der Waals surface area contributed by atoms with Crippen molar-refractivity contribution in [3.63, 3.8) is 0 Å². The molecule has 5 heteroatoms. The second-order valence-corrected chi connectivity index (χ2v) is 4.49. The standard InChI is InChI=1S/C9H18F3NS/c1-4-8(7(2)13-3)5-6-14-9(10,11)12/h7-8,13H,4-6H2,1-3H3. The number of rotatable bonds is 6. The Morgan fingerprint density at radius 2 is 1.93 bits per heavy atom. The summed E-state index contributed by atoms with van der Waals surface area (Å²) in [5.41, 5.74) is -4.08. The summed E-state index contributed by atoms with van der Waals surface area (Å²) in [6.07, 6.45) is 1.53. The highest BCUT2D eigenvalue weighted by atomic mass is 32.2. The Labute approximate surface area is 87.8 Å². The first-order chi connectivity index (χ1) is 6.40. The van der Waals surface area contributed by atoms with E-state index in [0.717, 1.165) is 6.42 Å². The van der Waals surface area contributed by atoms with E-state index in [9.17, 15) is 13.2 Å². The first-order valence-corrected chi connectivity index (χ1v) is 5.77. The van der Waals surface area contributed by atoms with E-state index in [2.05, 4.69) is 5.32 Å². The van der Waals surface area contributed by atoms with Gasteiger partial charge >= 0.3 is 5.51 Å². The molecule has 0 saturated heterocycles. The van der Waals surface area contributed by atoms with Gasteiger partial charge in [0.1, 0.15) is 0 Å². The van der Waals surface area contributed by atoms with Crippen LogP contribution >= 0.6 is 11.8 Å². The molecule has 2 atom stereocenters. The maximum atomic E-state index is 11.8. The van der Waals surface area contributed by atoms with E-state index in [1.165, 1.54) is 0 Å². The molecule has 14 heavy (non-hydrogen) atoms. The van der Waals surface area contributed by atoms with Gasteiger partial charge in [-0.1, -0.05) is 25.1 Å². The fourth-order valence-corrected chi connectivity index (χ4v) is 2.02. The van der Waals surface area contributed by atoms with Crippen LogP contribution in [0.25, 0.3) is 0 Å². The van der Waals surface area contributed by atoms with Gasteiger partial charge in [0.25, 0.3) is 0 Å². The van der Waals surface area contributed by atoms with Crippen molar-refractivity contribution >= 4 is 11.8 Å². The van der Waals surface area contributed by atoms with Crippen molar-refractivity contribution in [3.8, 4) is 0 Å². The zero-order chi connectivity index (χ0) is 11.2. The molecule has 0 amide bonds. The Kier molecular flexibility index (Phi) is 6.61. The molecule has 0 aliphatic heterocycles. The number of halogens is 3. The fourth-order valence-electron chi connectivity index (χ4n) is 1.37. The molecule has 0 aromatic heterocycles. The number of hydrogen-bond acceptors (Lipinski definition) is 2. The lowest BCUT2D eigenvalue weighted by Crippen LogP contribution is -2.30. The van der Waals surface area contributed by atoms with E-state index in [-0.39, 0.29) is 23.6 Å². The molecule has 1 nitrogen and oxygen atoms in total. The van der Waals surface area contributed by atoms with E-state index < -0.39 is 5.51 Å². The van der Waals surface area contributed by atoms with Crippen LogP contribution in [0.4, 0.5) is 13.2 Å². The maximum absolute atomic E-state index is 11.8.